The summed E-state index contributed by atoms with van der Waals surface area (Å²) >= 11 is 0. The Morgan fingerprint density at radius 2 is 1.50 bits per heavy atom. The Balaban J connectivity index is 0. The Morgan fingerprint density at radius 1 is 1.20 bits per heavy atom. The van der Waals surface area contributed by atoms with E-state index in [-0.39, 0.29) is 17.4 Å². The summed E-state index contributed by atoms with van der Waals surface area (Å²) in [7, 11) is -11.0. The minimum absolute atomic E-state index is 0. The van der Waals surface area contributed by atoms with Gasteiger partial charge in [-0.3, -0.25) is 8.88 Å². The van der Waals surface area contributed by atoms with Crippen LogP contribution in [0.1, 0.15) is 0 Å². The van der Waals surface area contributed by atoms with Crippen LogP contribution < -0.4 is 14.7 Å². The zero-order chi connectivity index (χ0) is 7.71. The molecule has 0 rings (SSSR count). The normalized spacial score (nSPS) is 17.2. The molecule has 0 fully saturated rings. The van der Waals surface area contributed by atoms with Crippen LogP contribution in [0.4, 0.5) is 0 Å². The molecule has 0 amide bonds. The second-order valence-electron chi connectivity index (χ2n) is 0.997. The van der Waals surface area contributed by atoms with E-state index in [0.717, 1.165) is 0 Å². The summed E-state index contributed by atoms with van der Waals surface area (Å²) in [5.41, 5.74) is 0. The van der Waals surface area contributed by atoms with Crippen LogP contribution in [0.3, 0.4) is 0 Å². The zero-order valence-corrected chi connectivity index (χ0v) is 7.31. The average molecular weight is 202 g/mol. The van der Waals surface area contributed by atoms with Gasteiger partial charge < -0.3 is 24.1 Å². The van der Waals surface area contributed by atoms with E-state index < -0.39 is 15.6 Å². The van der Waals surface area contributed by atoms with Crippen molar-refractivity contribution in [1.82, 2.24) is 0 Å². The van der Waals surface area contributed by atoms with Crippen LogP contribution in [-0.2, 0) is 13.4 Å². The molecular formula is HAlO7P2. The van der Waals surface area contributed by atoms with Crippen molar-refractivity contribution in [3.8, 4) is 0 Å². The van der Waals surface area contributed by atoms with E-state index in [1.807, 2.05) is 0 Å². The van der Waals surface area contributed by atoms with Crippen molar-refractivity contribution in [3.63, 3.8) is 0 Å². The van der Waals surface area contributed by atoms with Crippen LogP contribution in [-0.4, -0.2) is 22.3 Å². The predicted octanol–water partition coefficient (Wildman–Crippen LogP) is -3.09. The Bertz CT molecular complexity index is 152. The maximum absolute atomic E-state index is 9.44. The van der Waals surface area contributed by atoms with Crippen molar-refractivity contribution in [2.75, 3.05) is 0 Å². The second-order valence-corrected chi connectivity index (χ2v) is 3.48. The van der Waals surface area contributed by atoms with Gasteiger partial charge in [0.1, 0.15) is 0 Å². The van der Waals surface area contributed by atoms with Crippen molar-refractivity contribution in [2.24, 2.45) is 0 Å². The van der Waals surface area contributed by atoms with E-state index in [2.05, 4.69) is 4.31 Å². The summed E-state index contributed by atoms with van der Waals surface area (Å²) in [6.07, 6.45) is 0. The topological polar surface area (TPSA) is 133 Å². The second kappa shape index (κ2) is 3.98. The molecule has 0 aliphatic heterocycles. The van der Waals surface area contributed by atoms with Gasteiger partial charge in [0, 0.05) is 0 Å². The first-order valence-electron chi connectivity index (χ1n) is 1.48. The van der Waals surface area contributed by atoms with Crippen molar-refractivity contribution < 1.29 is 33.0 Å². The summed E-state index contributed by atoms with van der Waals surface area (Å²) in [5.74, 6) is 0. The van der Waals surface area contributed by atoms with Crippen molar-refractivity contribution in [1.29, 1.82) is 0 Å². The van der Waals surface area contributed by atoms with E-state index >= 15 is 0 Å². The van der Waals surface area contributed by atoms with Gasteiger partial charge in [0.2, 0.25) is 0 Å². The maximum Gasteiger partial charge on any atom is 3.00 e. The van der Waals surface area contributed by atoms with Gasteiger partial charge in [0.05, 0.1) is 7.82 Å². The Hall–Kier alpha value is 0.792. The fourth-order valence-corrected chi connectivity index (χ4v) is 1.14. The Labute approximate surface area is 66.6 Å². The molecule has 0 aliphatic carbocycles. The third kappa shape index (κ3) is 11.6. The van der Waals surface area contributed by atoms with Crippen LogP contribution >= 0.6 is 15.6 Å². The van der Waals surface area contributed by atoms with E-state index in [1.54, 1.807) is 0 Å². The van der Waals surface area contributed by atoms with Gasteiger partial charge in [-0.2, -0.15) is 0 Å². The van der Waals surface area contributed by atoms with Crippen LogP contribution in [0.5, 0.6) is 0 Å². The molecule has 10 heteroatoms. The molecule has 56 valence electrons. The Morgan fingerprint density at radius 3 is 1.50 bits per heavy atom. The molecule has 1 atom stereocenters. The SMILES string of the molecule is O=P([O-])([O-])OP(=O)([O-])O.[Al+3]. The van der Waals surface area contributed by atoms with Gasteiger partial charge in [0.15, 0.2) is 0 Å². The van der Waals surface area contributed by atoms with Crippen LogP contribution in [0, 0.1) is 0 Å². The maximum atomic E-state index is 9.44. The Kier molecular flexibility index (Phi) is 5.33. The van der Waals surface area contributed by atoms with E-state index in [9.17, 15) is 23.8 Å². The van der Waals surface area contributed by atoms with Gasteiger partial charge in [-0.1, -0.05) is 0 Å². The molecular weight excluding hydrogens is 201 g/mol. The molecule has 10 heavy (non-hydrogen) atoms. The van der Waals surface area contributed by atoms with Gasteiger partial charge in [-0.05, 0) is 0 Å². The molecule has 0 heterocycles. The van der Waals surface area contributed by atoms with Gasteiger partial charge in [-0.15, -0.1) is 0 Å². The first kappa shape index (κ1) is 13.4. The third-order valence-electron chi connectivity index (χ3n) is 0.203. The van der Waals surface area contributed by atoms with E-state index in [1.165, 1.54) is 0 Å². The molecule has 0 bridgehead atoms. The first-order valence-corrected chi connectivity index (χ1v) is 4.43. The van der Waals surface area contributed by atoms with Crippen molar-refractivity contribution >= 4 is 33.0 Å². The molecule has 7 nitrogen and oxygen atoms in total. The molecule has 1 unspecified atom stereocenters. The molecule has 1 N–H and O–H groups in total. The standard InChI is InChI=1S/Al.H4O7P2/c;1-8(2,3)7-9(4,5)6/h;(H2,1,2,3)(H2,4,5,6)/q+3;/p-3. The summed E-state index contributed by atoms with van der Waals surface area (Å²) in [4.78, 5) is 35.7. The number of hydrogen-bond donors (Lipinski definition) is 1. The molecule has 0 aromatic rings. The molecule has 0 aliphatic rings. The summed E-state index contributed by atoms with van der Waals surface area (Å²) in [6.45, 7) is 0. The summed E-state index contributed by atoms with van der Waals surface area (Å²) < 4.78 is 21.4. The smallest absolute Gasteiger partial charge is 0.790 e. The molecule has 0 aromatic heterocycles. The fraction of sp³-hybridized carbons (Fsp3) is 0. The van der Waals surface area contributed by atoms with Crippen molar-refractivity contribution in [2.45, 2.75) is 0 Å². The van der Waals surface area contributed by atoms with E-state index in [0.29, 0.717) is 0 Å². The van der Waals surface area contributed by atoms with Crippen LogP contribution in [0.25, 0.3) is 0 Å². The van der Waals surface area contributed by atoms with Crippen molar-refractivity contribution in [3.05, 3.63) is 0 Å². The minimum Gasteiger partial charge on any atom is -0.790 e. The quantitative estimate of drug-likeness (QED) is 0.370. The fourth-order valence-electron chi connectivity index (χ4n) is 0.126. The molecule has 0 radical (unpaired) electrons. The summed E-state index contributed by atoms with van der Waals surface area (Å²) in [6, 6.07) is 0. The zero-order valence-electron chi connectivity index (χ0n) is 4.37. The third-order valence-corrected chi connectivity index (χ3v) is 1.83. The number of phosphoric acid groups is 2. The van der Waals surface area contributed by atoms with E-state index in [4.69, 9.17) is 4.89 Å². The van der Waals surface area contributed by atoms with Gasteiger partial charge in [0.25, 0.3) is 7.82 Å². The molecule has 0 spiro atoms. The molecule has 0 aromatic carbocycles. The van der Waals surface area contributed by atoms with Crippen LogP contribution in [0.15, 0.2) is 0 Å². The first-order chi connectivity index (χ1) is 3.71. The molecule has 0 saturated carbocycles. The summed E-state index contributed by atoms with van der Waals surface area (Å²) in [5, 5.41) is 0. The van der Waals surface area contributed by atoms with Gasteiger partial charge >= 0.3 is 17.4 Å². The molecule has 0 saturated heterocycles. The predicted molar refractivity (Wildman–Crippen MR) is 24.3 cm³/mol. The average Bonchev–Trinajstić information content (AvgIpc) is 1.14. The number of hydrogen-bond acceptors (Lipinski definition) is 6. The monoisotopic (exact) mass is 202 g/mol. The largest absolute Gasteiger partial charge is 3.00 e. The van der Waals surface area contributed by atoms with Crippen LogP contribution in [0.2, 0.25) is 0 Å². The number of rotatable bonds is 2. The minimum atomic E-state index is -5.61. The van der Waals surface area contributed by atoms with Gasteiger partial charge in [-0.25, -0.2) is 0 Å².